The molecule has 2 heterocycles. The van der Waals surface area contributed by atoms with Crippen LogP contribution in [-0.2, 0) is 0 Å². The SMILES string of the molecule is Cl.Cl.NCCCN1CCC(C2C=CC=CN2)CC1. The minimum Gasteiger partial charge on any atom is -0.384 e. The highest BCUT2D eigenvalue weighted by Crippen LogP contribution is 2.22. The summed E-state index contributed by atoms with van der Waals surface area (Å²) >= 11 is 0. The Bertz CT molecular complexity index is 261. The van der Waals surface area contributed by atoms with Crippen LogP contribution in [0.5, 0.6) is 0 Å². The van der Waals surface area contributed by atoms with Crippen molar-refractivity contribution in [3.05, 3.63) is 24.4 Å². The van der Waals surface area contributed by atoms with Gasteiger partial charge >= 0.3 is 0 Å². The molecule has 2 aliphatic rings. The number of piperidine rings is 1. The van der Waals surface area contributed by atoms with Crippen LogP contribution in [0.15, 0.2) is 24.4 Å². The van der Waals surface area contributed by atoms with Gasteiger partial charge in [-0.15, -0.1) is 24.8 Å². The number of likely N-dealkylation sites (tertiary alicyclic amines) is 1. The molecule has 3 N–H and O–H groups in total. The molecule has 0 aromatic rings. The van der Waals surface area contributed by atoms with E-state index in [0.717, 1.165) is 18.9 Å². The molecule has 1 unspecified atom stereocenters. The van der Waals surface area contributed by atoms with Gasteiger partial charge in [0.05, 0.1) is 0 Å². The van der Waals surface area contributed by atoms with Crippen LogP contribution < -0.4 is 11.1 Å². The zero-order chi connectivity index (χ0) is 11.2. The Balaban J connectivity index is 0.00000144. The normalized spacial score (nSPS) is 23.9. The van der Waals surface area contributed by atoms with E-state index in [0.29, 0.717) is 6.04 Å². The predicted molar refractivity (Wildman–Crippen MR) is 82.5 cm³/mol. The predicted octanol–water partition coefficient (Wildman–Crippen LogP) is 1.93. The van der Waals surface area contributed by atoms with Crippen LogP contribution in [0.2, 0.25) is 0 Å². The zero-order valence-electron chi connectivity index (χ0n) is 10.8. The summed E-state index contributed by atoms with van der Waals surface area (Å²) in [5, 5.41) is 3.44. The van der Waals surface area contributed by atoms with Crippen molar-refractivity contribution in [2.75, 3.05) is 26.2 Å². The minimum atomic E-state index is 0. The van der Waals surface area contributed by atoms with E-state index in [1.54, 1.807) is 0 Å². The summed E-state index contributed by atoms with van der Waals surface area (Å²) in [6.45, 7) is 4.47. The average molecular weight is 294 g/mol. The van der Waals surface area contributed by atoms with Crippen LogP contribution in [0.4, 0.5) is 0 Å². The van der Waals surface area contributed by atoms with Crippen molar-refractivity contribution in [1.29, 1.82) is 0 Å². The fraction of sp³-hybridized carbons (Fsp3) is 0.692. The summed E-state index contributed by atoms with van der Waals surface area (Å²) < 4.78 is 0. The summed E-state index contributed by atoms with van der Waals surface area (Å²) in [6.07, 6.45) is 12.3. The molecular weight excluding hydrogens is 269 g/mol. The average Bonchev–Trinajstić information content (AvgIpc) is 2.38. The minimum absolute atomic E-state index is 0. The van der Waals surface area contributed by atoms with Crippen LogP contribution in [0, 0.1) is 5.92 Å². The van der Waals surface area contributed by atoms with Crippen molar-refractivity contribution < 1.29 is 0 Å². The first-order valence-corrected chi connectivity index (χ1v) is 6.42. The lowest BCUT2D eigenvalue weighted by atomic mass is 9.88. The fourth-order valence-corrected chi connectivity index (χ4v) is 2.61. The topological polar surface area (TPSA) is 41.3 Å². The number of hydrogen-bond donors (Lipinski definition) is 2. The number of hydrogen-bond acceptors (Lipinski definition) is 3. The third-order valence-electron chi connectivity index (χ3n) is 3.63. The summed E-state index contributed by atoms with van der Waals surface area (Å²) in [5.41, 5.74) is 5.54. The zero-order valence-corrected chi connectivity index (χ0v) is 12.4. The van der Waals surface area contributed by atoms with Crippen LogP contribution in [-0.4, -0.2) is 37.1 Å². The van der Waals surface area contributed by atoms with Crippen molar-refractivity contribution in [2.24, 2.45) is 11.7 Å². The fourth-order valence-electron chi connectivity index (χ4n) is 2.61. The first kappa shape index (κ1) is 17.8. The quantitative estimate of drug-likeness (QED) is 0.832. The Kier molecular flexibility index (Phi) is 9.56. The van der Waals surface area contributed by atoms with E-state index in [1.165, 1.54) is 32.5 Å². The number of rotatable bonds is 4. The first-order chi connectivity index (χ1) is 7.90. The van der Waals surface area contributed by atoms with Crippen molar-refractivity contribution >= 4 is 24.8 Å². The van der Waals surface area contributed by atoms with Gasteiger partial charge < -0.3 is 16.0 Å². The van der Waals surface area contributed by atoms with Crippen molar-refractivity contribution in [2.45, 2.75) is 25.3 Å². The van der Waals surface area contributed by atoms with Gasteiger partial charge in [0.15, 0.2) is 0 Å². The highest BCUT2D eigenvalue weighted by Gasteiger charge is 2.24. The molecular formula is C13H25Cl2N3. The van der Waals surface area contributed by atoms with Gasteiger partial charge in [-0.1, -0.05) is 12.2 Å². The molecule has 0 saturated carbocycles. The van der Waals surface area contributed by atoms with Crippen LogP contribution in [0.25, 0.3) is 0 Å². The van der Waals surface area contributed by atoms with Crippen LogP contribution in [0.1, 0.15) is 19.3 Å². The number of nitrogens with one attached hydrogen (secondary N) is 1. The molecule has 18 heavy (non-hydrogen) atoms. The standard InChI is InChI=1S/C13H23N3.2ClH/c14-7-3-9-16-10-5-12(6-11-16)13-4-1-2-8-15-13;;/h1-2,4,8,12-13,15H,3,5-7,9-11,14H2;2*1H. The second kappa shape index (κ2) is 9.68. The molecule has 0 aromatic heterocycles. The maximum absolute atomic E-state index is 5.54. The van der Waals surface area contributed by atoms with Crippen LogP contribution in [0.3, 0.4) is 0 Å². The smallest absolute Gasteiger partial charge is 0.0471 e. The Labute approximate surface area is 123 Å². The van der Waals surface area contributed by atoms with Crippen molar-refractivity contribution in [1.82, 2.24) is 10.2 Å². The van der Waals surface area contributed by atoms with Gasteiger partial charge in [-0.3, -0.25) is 0 Å². The van der Waals surface area contributed by atoms with E-state index in [2.05, 4.69) is 34.6 Å². The largest absolute Gasteiger partial charge is 0.384 e. The van der Waals surface area contributed by atoms with Gasteiger partial charge in [0.25, 0.3) is 0 Å². The Morgan fingerprint density at radius 3 is 2.44 bits per heavy atom. The second-order valence-electron chi connectivity index (χ2n) is 4.76. The maximum Gasteiger partial charge on any atom is 0.0471 e. The van der Waals surface area contributed by atoms with Crippen molar-refractivity contribution in [3.8, 4) is 0 Å². The lowest BCUT2D eigenvalue weighted by molar-refractivity contribution is 0.171. The molecule has 0 amide bonds. The van der Waals surface area contributed by atoms with E-state index in [4.69, 9.17) is 5.73 Å². The summed E-state index contributed by atoms with van der Waals surface area (Å²) in [5.74, 6) is 0.801. The number of allylic oxidation sites excluding steroid dienone is 2. The molecule has 106 valence electrons. The number of dihydropyridines is 1. The molecule has 2 rings (SSSR count). The van der Waals surface area contributed by atoms with Gasteiger partial charge in [0.1, 0.15) is 0 Å². The maximum atomic E-state index is 5.54. The van der Waals surface area contributed by atoms with E-state index in [1.807, 2.05) is 0 Å². The monoisotopic (exact) mass is 293 g/mol. The molecule has 1 saturated heterocycles. The van der Waals surface area contributed by atoms with E-state index < -0.39 is 0 Å². The van der Waals surface area contributed by atoms with E-state index in [-0.39, 0.29) is 24.8 Å². The Morgan fingerprint density at radius 2 is 1.89 bits per heavy atom. The van der Waals surface area contributed by atoms with Gasteiger partial charge in [-0.2, -0.15) is 0 Å². The molecule has 0 bridgehead atoms. The second-order valence-corrected chi connectivity index (χ2v) is 4.76. The molecule has 1 atom stereocenters. The molecule has 0 aliphatic carbocycles. The third-order valence-corrected chi connectivity index (χ3v) is 3.63. The number of halogens is 2. The summed E-state index contributed by atoms with van der Waals surface area (Å²) in [7, 11) is 0. The molecule has 3 nitrogen and oxygen atoms in total. The van der Waals surface area contributed by atoms with E-state index in [9.17, 15) is 0 Å². The van der Waals surface area contributed by atoms with Gasteiger partial charge in [-0.05, 0) is 63.6 Å². The first-order valence-electron chi connectivity index (χ1n) is 6.42. The molecule has 2 aliphatic heterocycles. The molecule has 1 fully saturated rings. The van der Waals surface area contributed by atoms with Gasteiger partial charge in [0, 0.05) is 6.04 Å². The highest BCUT2D eigenvalue weighted by atomic mass is 35.5. The molecule has 0 spiro atoms. The molecule has 0 aromatic carbocycles. The van der Waals surface area contributed by atoms with Gasteiger partial charge in [-0.25, -0.2) is 0 Å². The number of nitrogens with two attached hydrogens (primary N) is 1. The lowest BCUT2D eigenvalue weighted by Gasteiger charge is -2.35. The molecule has 5 heteroatoms. The van der Waals surface area contributed by atoms with E-state index >= 15 is 0 Å². The lowest BCUT2D eigenvalue weighted by Crippen LogP contribution is -2.42. The Morgan fingerprint density at radius 1 is 1.17 bits per heavy atom. The third kappa shape index (κ3) is 5.19. The summed E-state index contributed by atoms with van der Waals surface area (Å²) in [6, 6.07) is 0.557. The molecule has 0 radical (unpaired) electrons. The highest BCUT2D eigenvalue weighted by molar-refractivity contribution is 5.85. The summed E-state index contributed by atoms with van der Waals surface area (Å²) in [4.78, 5) is 2.55. The number of nitrogens with zero attached hydrogens (tertiary/aromatic N) is 1. The van der Waals surface area contributed by atoms with Crippen LogP contribution >= 0.6 is 24.8 Å². The van der Waals surface area contributed by atoms with Gasteiger partial charge in [0.2, 0.25) is 0 Å². The Hall–Kier alpha value is -0.220. The van der Waals surface area contributed by atoms with Crippen molar-refractivity contribution in [3.63, 3.8) is 0 Å².